The average molecular weight is 367 g/mol. The molecule has 6 nitrogen and oxygen atoms in total. The Hall–Kier alpha value is -3.06. The van der Waals surface area contributed by atoms with Gasteiger partial charge in [0.1, 0.15) is 5.01 Å². The number of benzene rings is 2. The molecule has 3 aromatic rings. The van der Waals surface area contributed by atoms with Gasteiger partial charge in [0.25, 0.3) is 5.69 Å². The molecule has 3 rings (SSSR count). The van der Waals surface area contributed by atoms with Gasteiger partial charge in [0.05, 0.1) is 22.7 Å². The van der Waals surface area contributed by atoms with Crippen molar-refractivity contribution >= 4 is 28.6 Å². The van der Waals surface area contributed by atoms with Crippen LogP contribution in [0.3, 0.4) is 0 Å². The molecule has 0 aliphatic carbocycles. The second-order valence-electron chi connectivity index (χ2n) is 5.99. The van der Waals surface area contributed by atoms with Crippen molar-refractivity contribution in [2.75, 3.05) is 5.32 Å². The zero-order valence-electron chi connectivity index (χ0n) is 14.4. The van der Waals surface area contributed by atoms with Crippen LogP contribution in [0, 0.1) is 24.0 Å². The molecule has 26 heavy (non-hydrogen) atoms. The lowest BCUT2D eigenvalue weighted by molar-refractivity contribution is -0.384. The molecule has 0 atom stereocenters. The van der Waals surface area contributed by atoms with Crippen LogP contribution in [0.1, 0.15) is 16.8 Å². The highest BCUT2D eigenvalue weighted by molar-refractivity contribution is 7.13. The highest BCUT2D eigenvalue weighted by atomic mass is 32.1. The summed E-state index contributed by atoms with van der Waals surface area (Å²) in [4.78, 5) is 27.2. The maximum absolute atomic E-state index is 12.3. The summed E-state index contributed by atoms with van der Waals surface area (Å²) in [5.41, 5.74) is 4.00. The summed E-state index contributed by atoms with van der Waals surface area (Å²) in [6, 6.07) is 12.4. The van der Waals surface area contributed by atoms with Gasteiger partial charge in [-0.3, -0.25) is 14.9 Å². The Morgan fingerprint density at radius 3 is 2.77 bits per heavy atom. The quantitative estimate of drug-likeness (QED) is 0.531. The Kier molecular flexibility index (Phi) is 5.09. The number of nitrogens with zero attached hydrogens (tertiary/aromatic N) is 2. The number of thiazole rings is 1. The molecule has 0 saturated heterocycles. The monoisotopic (exact) mass is 367 g/mol. The largest absolute Gasteiger partial charge is 0.325 e. The van der Waals surface area contributed by atoms with E-state index < -0.39 is 4.92 Å². The summed E-state index contributed by atoms with van der Waals surface area (Å²) in [7, 11) is 0. The van der Waals surface area contributed by atoms with Crippen LogP contribution in [-0.2, 0) is 11.2 Å². The van der Waals surface area contributed by atoms with Gasteiger partial charge in [-0.1, -0.05) is 29.8 Å². The van der Waals surface area contributed by atoms with Crippen LogP contribution in [-0.4, -0.2) is 15.8 Å². The third kappa shape index (κ3) is 4.12. The van der Waals surface area contributed by atoms with E-state index in [-0.39, 0.29) is 18.0 Å². The van der Waals surface area contributed by atoms with Crippen molar-refractivity contribution in [2.45, 2.75) is 20.3 Å². The Labute approximate surface area is 154 Å². The number of nitro benzene ring substituents is 1. The topological polar surface area (TPSA) is 85.1 Å². The molecular weight excluding hydrogens is 350 g/mol. The number of nitro groups is 1. The van der Waals surface area contributed by atoms with Crippen LogP contribution >= 0.6 is 11.3 Å². The molecule has 0 unspecified atom stereocenters. The van der Waals surface area contributed by atoms with Crippen molar-refractivity contribution in [3.8, 4) is 10.6 Å². The second kappa shape index (κ2) is 7.45. The predicted molar refractivity (Wildman–Crippen MR) is 102 cm³/mol. The highest BCUT2D eigenvalue weighted by Gasteiger charge is 2.13. The van der Waals surface area contributed by atoms with Crippen LogP contribution in [0.5, 0.6) is 0 Å². The van der Waals surface area contributed by atoms with Crippen molar-refractivity contribution in [2.24, 2.45) is 0 Å². The second-order valence-corrected chi connectivity index (χ2v) is 6.85. The molecule has 0 spiro atoms. The Bertz CT molecular complexity index is 982. The number of carbonyl (C=O) groups excluding carboxylic acids is 1. The summed E-state index contributed by atoms with van der Waals surface area (Å²) in [5, 5.41) is 16.3. The van der Waals surface area contributed by atoms with E-state index in [0.717, 1.165) is 21.7 Å². The minimum Gasteiger partial charge on any atom is -0.325 e. The fourth-order valence-corrected chi connectivity index (χ4v) is 3.33. The van der Waals surface area contributed by atoms with Crippen LogP contribution in [0.15, 0.2) is 47.8 Å². The molecule has 0 saturated carbocycles. The van der Waals surface area contributed by atoms with Crippen molar-refractivity contribution in [3.63, 3.8) is 0 Å². The molecule has 1 N–H and O–H groups in total. The summed E-state index contributed by atoms with van der Waals surface area (Å²) >= 11 is 1.49. The van der Waals surface area contributed by atoms with Crippen molar-refractivity contribution < 1.29 is 9.72 Å². The first-order chi connectivity index (χ1) is 12.4. The highest BCUT2D eigenvalue weighted by Crippen LogP contribution is 2.25. The maximum Gasteiger partial charge on any atom is 0.271 e. The zero-order valence-corrected chi connectivity index (χ0v) is 15.2. The first kappa shape index (κ1) is 17.8. The maximum atomic E-state index is 12.3. The number of carbonyl (C=O) groups is 1. The van der Waals surface area contributed by atoms with Gasteiger partial charge in [0.15, 0.2) is 0 Å². The van der Waals surface area contributed by atoms with E-state index in [1.54, 1.807) is 13.0 Å². The molecule has 0 bridgehead atoms. The number of amides is 1. The van der Waals surface area contributed by atoms with Crippen LogP contribution in [0.25, 0.3) is 10.6 Å². The Morgan fingerprint density at radius 1 is 1.23 bits per heavy atom. The SMILES string of the molecule is Cc1cccc(-c2nc(CC(=O)Nc3cc([N+](=O)[O-])ccc3C)cs2)c1. The van der Waals surface area contributed by atoms with E-state index in [1.165, 1.54) is 23.5 Å². The first-order valence-electron chi connectivity index (χ1n) is 7.99. The predicted octanol–water partition coefficient (Wildman–Crippen LogP) is 4.52. The van der Waals surface area contributed by atoms with E-state index in [9.17, 15) is 14.9 Å². The molecule has 0 radical (unpaired) electrons. The van der Waals surface area contributed by atoms with E-state index in [2.05, 4.69) is 16.4 Å². The van der Waals surface area contributed by atoms with Gasteiger partial charge in [-0.25, -0.2) is 4.98 Å². The van der Waals surface area contributed by atoms with Gasteiger partial charge in [-0.05, 0) is 25.5 Å². The van der Waals surface area contributed by atoms with Crippen molar-refractivity contribution in [3.05, 3.63) is 74.8 Å². The molecular formula is C19H17N3O3S. The molecule has 7 heteroatoms. The number of aromatic nitrogens is 1. The number of nitrogens with one attached hydrogen (secondary N) is 1. The molecule has 1 heterocycles. The third-order valence-electron chi connectivity index (χ3n) is 3.86. The lowest BCUT2D eigenvalue weighted by Gasteiger charge is -2.07. The third-order valence-corrected chi connectivity index (χ3v) is 4.80. The van der Waals surface area contributed by atoms with Crippen molar-refractivity contribution in [1.82, 2.24) is 4.98 Å². The minimum absolute atomic E-state index is 0.0544. The molecule has 2 aromatic carbocycles. The standard InChI is InChI=1S/C19H17N3O3S/c1-12-4-3-5-14(8-12)19-20-15(11-26-19)9-18(23)21-17-10-16(22(24)25)7-6-13(17)2/h3-8,10-11H,9H2,1-2H3,(H,21,23). The smallest absolute Gasteiger partial charge is 0.271 e. The molecule has 0 aliphatic rings. The van der Waals surface area contributed by atoms with E-state index in [4.69, 9.17) is 0 Å². The molecule has 132 valence electrons. The fourth-order valence-electron chi connectivity index (χ4n) is 2.52. The summed E-state index contributed by atoms with van der Waals surface area (Å²) in [6.07, 6.45) is 0.116. The number of rotatable bonds is 5. The van der Waals surface area contributed by atoms with Gasteiger partial charge >= 0.3 is 0 Å². The van der Waals surface area contributed by atoms with Gasteiger partial charge in [0.2, 0.25) is 5.91 Å². The van der Waals surface area contributed by atoms with E-state index >= 15 is 0 Å². The first-order valence-corrected chi connectivity index (χ1v) is 8.86. The zero-order chi connectivity index (χ0) is 18.7. The number of anilines is 1. The lowest BCUT2D eigenvalue weighted by Crippen LogP contribution is -2.15. The number of non-ortho nitro benzene ring substituents is 1. The summed E-state index contributed by atoms with van der Waals surface area (Å²) in [5.74, 6) is -0.255. The van der Waals surface area contributed by atoms with Gasteiger partial charge in [-0.15, -0.1) is 11.3 Å². The Morgan fingerprint density at radius 2 is 2.04 bits per heavy atom. The molecule has 1 aromatic heterocycles. The van der Waals surface area contributed by atoms with E-state index in [0.29, 0.717) is 11.4 Å². The number of hydrogen-bond donors (Lipinski definition) is 1. The summed E-state index contributed by atoms with van der Waals surface area (Å²) in [6.45, 7) is 3.81. The van der Waals surface area contributed by atoms with Crippen LogP contribution < -0.4 is 5.32 Å². The van der Waals surface area contributed by atoms with Gasteiger partial charge in [-0.2, -0.15) is 0 Å². The normalized spacial score (nSPS) is 10.5. The van der Waals surface area contributed by atoms with Crippen LogP contribution in [0.2, 0.25) is 0 Å². The molecule has 1 amide bonds. The van der Waals surface area contributed by atoms with Gasteiger partial charge in [0, 0.05) is 23.1 Å². The van der Waals surface area contributed by atoms with Gasteiger partial charge < -0.3 is 5.32 Å². The lowest BCUT2D eigenvalue weighted by atomic mass is 10.1. The fraction of sp³-hybridized carbons (Fsp3) is 0.158. The minimum atomic E-state index is -0.482. The van der Waals surface area contributed by atoms with Crippen LogP contribution in [0.4, 0.5) is 11.4 Å². The average Bonchev–Trinajstić information content (AvgIpc) is 3.05. The summed E-state index contributed by atoms with van der Waals surface area (Å²) < 4.78 is 0. The Balaban J connectivity index is 1.71. The van der Waals surface area contributed by atoms with E-state index in [1.807, 2.05) is 30.5 Å². The number of hydrogen-bond acceptors (Lipinski definition) is 5. The van der Waals surface area contributed by atoms with Crippen molar-refractivity contribution in [1.29, 1.82) is 0 Å². The molecule has 0 fully saturated rings. The number of aryl methyl sites for hydroxylation is 2. The molecule has 0 aliphatic heterocycles.